The highest BCUT2D eigenvalue weighted by molar-refractivity contribution is 5.68. The smallest absolute Gasteiger partial charge is 0.414 e. The van der Waals surface area contributed by atoms with Gasteiger partial charge in [0, 0.05) is 0 Å². The van der Waals surface area contributed by atoms with Gasteiger partial charge in [-0.1, -0.05) is 5.10 Å². The summed E-state index contributed by atoms with van der Waals surface area (Å²) in [5, 5.41) is 14.6. The van der Waals surface area contributed by atoms with Crippen LogP contribution >= 0.6 is 0 Å². The fourth-order valence-electron chi connectivity index (χ4n) is 0.349. The van der Waals surface area contributed by atoms with Crippen LogP contribution in [0.4, 0.5) is 0 Å². The van der Waals surface area contributed by atoms with Gasteiger partial charge in [0.25, 0.3) is 0 Å². The zero-order chi connectivity index (χ0) is 7.40. The first kappa shape index (κ1) is 6.53. The lowest BCUT2D eigenvalue weighted by Gasteiger charge is -1.91. The summed E-state index contributed by atoms with van der Waals surface area (Å²) >= 11 is 0. The molecule has 1 heterocycles. The Kier molecular flexibility index (Phi) is 1.83. The Morgan fingerprint density at radius 2 is 2.70 bits per heavy atom. The fraction of sp³-hybridized carbons (Fsp3) is 0.250. The van der Waals surface area contributed by atoms with Crippen molar-refractivity contribution in [3.8, 4) is 6.08 Å². The second kappa shape index (κ2) is 2.81. The summed E-state index contributed by atoms with van der Waals surface area (Å²) < 4.78 is 8.94. The predicted octanol–water partition coefficient (Wildman–Crippen LogP) is -0.467. The first-order valence-corrected chi connectivity index (χ1v) is 2.40. The monoisotopic (exact) mass is 144 g/mol. The number of hydrogen-bond acceptors (Lipinski definition) is 5. The molecule has 0 saturated carbocycles. The molecule has 0 radical (unpaired) electrons. The molecule has 54 valence electrons. The maximum absolute atomic E-state index is 9.88. The molecular formula is C4H4N2O4. The number of hydrogen-bond donors (Lipinski definition) is 1. The predicted molar refractivity (Wildman–Crippen MR) is 27.4 cm³/mol. The number of ether oxygens (including phenoxy) is 1. The number of nitrogens with zero attached hydrogens (tertiary/aromatic N) is 2. The van der Waals surface area contributed by atoms with E-state index in [0.717, 1.165) is 6.39 Å². The lowest BCUT2D eigenvalue weighted by Crippen LogP contribution is -2.09. The first-order chi connectivity index (χ1) is 4.79. The SMILES string of the molecule is O=C(O)COc1nnco1. The number of carboxylic acids is 1. The molecule has 0 unspecified atom stereocenters. The molecule has 1 aromatic rings. The lowest BCUT2D eigenvalue weighted by molar-refractivity contribution is -0.139. The normalized spacial score (nSPS) is 9.20. The van der Waals surface area contributed by atoms with E-state index in [1.807, 2.05) is 0 Å². The van der Waals surface area contributed by atoms with Crippen LogP contribution in [0, 0.1) is 0 Å². The molecule has 0 bridgehead atoms. The van der Waals surface area contributed by atoms with Crippen LogP contribution in [0.5, 0.6) is 6.08 Å². The molecule has 1 N–H and O–H groups in total. The van der Waals surface area contributed by atoms with Crippen molar-refractivity contribution in [2.24, 2.45) is 0 Å². The third-order valence-electron chi connectivity index (χ3n) is 0.659. The number of aromatic nitrogens is 2. The van der Waals surface area contributed by atoms with Gasteiger partial charge in [-0.05, 0) is 0 Å². The number of aliphatic carboxylic acids is 1. The van der Waals surface area contributed by atoms with Gasteiger partial charge in [-0.25, -0.2) is 4.79 Å². The molecule has 6 nitrogen and oxygen atoms in total. The molecule has 6 heteroatoms. The molecule has 0 aliphatic rings. The standard InChI is InChI=1S/C4H4N2O4/c7-3(8)1-9-4-6-5-2-10-4/h2H,1H2,(H,7,8). The Morgan fingerprint density at radius 1 is 1.90 bits per heavy atom. The van der Waals surface area contributed by atoms with E-state index < -0.39 is 12.6 Å². The van der Waals surface area contributed by atoms with E-state index in [4.69, 9.17) is 5.11 Å². The minimum absolute atomic E-state index is 0.137. The number of carbonyl (C=O) groups is 1. The number of carboxylic acid groups (broad SMARTS) is 1. The highest BCUT2D eigenvalue weighted by atomic mass is 16.6. The lowest BCUT2D eigenvalue weighted by atomic mass is 10.7. The zero-order valence-electron chi connectivity index (χ0n) is 4.85. The summed E-state index contributed by atoms with van der Waals surface area (Å²) in [4.78, 5) is 9.88. The molecule has 0 amide bonds. The van der Waals surface area contributed by atoms with Gasteiger partial charge in [0.2, 0.25) is 6.39 Å². The Labute approximate surface area is 55.4 Å². The highest BCUT2D eigenvalue weighted by Gasteiger charge is 2.01. The van der Waals surface area contributed by atoms with Crippen LogP contribution in [0.25, 0.3) is 0 Å². The van der Waals surface area contributed by atoms with Gasteiger partial charge in [-0.3, -0.25) is 0 Å². The van der Waals surface area contributed by atoms with E-state index >= 15 is 0 Å². The van der Waals surface area contributed by atoms with Gasteiger partial charge in [0.15, 0.2) is 6.61 Å². The van der Waals surface area contributed by atoms with Crippen molar-refractivity contribution in [3.63, 3.8) is 0 Å². The van der Waals surface area contributed by atoms with E-state index in [1.165, 1.54) is 0 Å². The average molecular weight is 144 g/mol. The Hall–Kier alpha value is -1.59. The molecule has 1 aromatic heterocycles. The summed E-state index contributed by atoms with van der Waals surface area (Å²) in [7, 11) is 0. The second-order valence-electron chi connectivity index (χ2n) is 1.39. The van der Waals surface area contributed by atoms with E-state index in [0.29, 0.717) is 0 Å². The molecule has 0 aliphatic heterocycles. The van der Waals surface area contributed by atoms with Crippen LogP contribution < -0.4 is 4.74 Å². The van der Waals surface area contributed by atoms with E-state index in [2.05, 4.69) is 19.4 Å². The summed E-state index contributed by atoms with van der Waals surface area (Å²) in [6.07, 6.45) is 0.916. The maximum Gasteiger partial charge on any atom is 0.414 e. The van der Waals surface area contributed by atoms with E-state index in [9.17, 15) is 4.79 Å². The van der Waals surface area contributed by atoms with Crippen LogP contribution in [0.1, 0.15) is 0 Å². The van der Waals surface area contributed by atoms with Crippen molar-refractivity contribution in [1.82, 2.24) is 10.2 Å². The average Bonchev–Trinajstić information content (AvgIpc) is 2.34. The third kappa shape index (κ3) is 1.73. The summed E-state index contributed by atoms with van der Waals surface area (Å²) in [5.74, 6) is -1.08. The quantitative estimate of drug-likeness (QED) is 0.617. The van der Waals surface area contributed by atoms with Gasteiger partial charge >= 0.3 is 12.0 Å². The van der Waals surface area contributed by atoms with Crippen molar-refractivity contribution in [3.05, 3.63) is 6.39 Å². The minimum Gasteiger partial charge on any atom is -0.479 e. The van der Waals surface area contributed by atoms with Crippen LogP contribution in [-0.4, -0.2) is 27.9 Å². The van der Waals surface area contributed by atoms with Crippen LogP contribution in [0.15, 0.2) is 10.8 Å². The molecule has 0 atom stereocenters. The first-order valence-electron chi connectivity index (χ1n) is 2.40. The molecule has 0 spiro atoms. The van der Waals surface area contributed by atoms with Crippen LogP contribution in [0.2, 0.25) is 0 Å². The van der Waals surface area contributed by atoms with Crippen LogP contribution in [0.3, 0.4) is 0 Å². The topological polar surface area (TPSA) is 85.5 Å². The Bertz CT molecular complexity index is 207. The molecule has 0 saturated heterocycles. The molecule has 1 rings (SSSR count). The van der Waals surface area contributed by atoms with E-state index in [1.54, 1.807) is 0 Å². The van der Waals surface area contributed by atoms with Gasteiger partial charge in [0.1, 0.15) is 0 Å². The van der Waals surface area contributed by atoms with Gasteiger partial charge in [-0.2, -0.15) is 0 Å². The molecule has 0 aliphatic carbocycles. The molecule has 0 fully saturated rings. The Morgan fingerprint density at radius 3 is 3.20 bits per heavy atom. The van der Waals surface area contributed by atoms with Crippen molar-refractivity contribution >= 4 is 5.97 Å². The molecular weight excluding hydrogens is 140 g/mol. The summed E-state index contributed by atoms with van der Waals surface area (Å²) in [5.41, 5.74) is 0. The largest absolute Gasteiger partial charge is 0.479 e. The van der Waals surface area contributed by atoms with Crippen molar-refractivity contribution in [2.45, 2.75) is 0 Å². The Balaban J connectivity index is 2.35. The third-order valence-corrected chi connectivity index (χ3v) is 0.659. The van der Waals surface area contributed by atoms with Gasteiger partial charge < -0.3 is 14.3 Å². The molecule has 0 aromatic carbocycles. The maximum atomic E-state index is 9.88. The summed E-state index contributed by atoms with van der Waals surface area (Å²) in [6, 6.07) is 0. The van der Waals surface area contributed by atoms with Crippen molar-refractivity contribution in [2.75, 3.05) is 6.61 Å². The van der Waals surface area contributed by atoms with Crippen LogP contribution in [-0.2, 0) is 4.79 Å². The zero-order valence-corrected chi connectivity index (χ0v) is 4.85. The minimum atomic E-state index is -1.08. The number of rotatable bonds is 3. The second-order valence-corrected chi connectivity index (χ2v) is 1.39. The highest BCUT2D eigenvalue weighted by Crippen LogP contribution is 2.00. The van der Waals surface area contributed by atoms with Crippen molar-refractivity contribution < 1.29 is 19.1 Å². The van der Waals surface area contributed by atoms with E-state index in [-0.39, 0.29) is 6.08 Å². The molecule has 10 heavy (non-hydrogen) atoms. The van der Waals surface area contributed by atoms with Gasteiger partial charge in [0.05, 0.1) is 0 Å². The fourth-order valence-corrected chi connectivity index (χ4v) is 0.349. The summed E-state index contributed by atoms with van der Waals surface area (Å²) in [6.45, 7) is -0.470. The van der Waals surface area contributed by atoms with Gasteiger partial charge in [-0.15, -0.1) is 5.10 Å². The van der Waals surface area contributed by atoms with Crippen molar-refractivity contribution in [1.29, 1.82) is 0 Å².